The molecule has 0 heterocycles. The molecule has 16 heavy (non-hydrogen) atoms. The van der Waals surface area contributed by atoms with E-state index in [0.717, 1.165) is 0 Å². The molecule has 5 nitrogen and oxygen atoms in total. The van der Waals surface area contributed by atoms with E-state index in [1.165, 1.54) is 24.3 Å². The first kappa shape index (κ1) is 11.9. The summed E-state index contributed by atoms with van der Waals surface area (Å²) < 4.78 is 4.58. The van der Waals surface area contributed by atoms with Gasteiger partial charge < -0.3 is 10.1 Å². The van der Waals surface area contributed by atoms with Gasteiger partial charge in [-0.3, -0.25) is 9.59 Å². The largest absolute Gasteiger partial charge is 0.460 e. The van der Waals surface area contributed by atoms with Crippen LogP contribution in [0.5, 0.6) is 0 Å². The number of Topliss-reactive ketones (excluding diaryl/α,β-unsaturated/α-hetero) is 1. The predicted octanol–water partition coefficient (Wildman–Crippen LogP) is 1.00. The number of carbonyl (C=O) groups excluding carboxylic acids is 3. The monoisotopic (exact) mass is 221 g/mol. The van der Waals surface area contributed by atoms with Crippen LogP contribution in [0.3, 0.4) is 0 Å². The highest BCUT2D eigenvalue weighted by Crippen LogP contribution is 2.09. The van der Waals surface area contributed by atoms with Crippen molar-refractivity contribution < 1.29 is 19.1 Å². The lowest BCUT2D eigenvalue weighted by Gasteiger charge is -2.02. The highest BCUT2D eigenvalue weighted by molar-refractivity contribution is 6.40. The van der Waals surface area contributed by atoms with Crippen molar-refractivity contribution in [1.29, 1.82) is 0 Å². The maximum Gasteiger partial charge on any atom is 0.379 e. The van der Waals surface area contributed by atoms with E-state index in [1.54, 1.807) is 6.92 Å². The molecule has 0 saturated carbocycles. The van der Waals surface area contributed by atoms with Gasteiger partial charge in [0.25, 0.3) is 5.78 Å². The Morgan fingerprint density at radius 3 is 2.44 bits per heavy atom. The van der Waals surface area contributed by atoms with Crippen molar-refractivity contribution in [1.82, 2.24) is 0 Å². The molecule has 0 bridgehead atoms. The summed E-state index contributed by atoms with van der Waals surface area (Å²) in [6.45, 7) is 1.79. The summed E-state index contributed by atoms with van der Waals surface area (Å²) >= 11 is 0. The van der Waals surface area contributed by atoms with Crippen LogP contribution in [-0.4, -0.2) is 24.8 Å². The molecule has 0 saturated heterocycles. The first-order chi connectivity index (χ1) is 7.69. The van der Waals surface area contributed by atoms with Gasteiger partial charge in [0.1, 0.15) is 0 Å². The molecular weight excluding hydrogens is 210 g/mol. The zero-order chi connectivity index (χ0) is 12.0. The van der Waals surface area contributed by atoms with Crippen molar-refractivity contribution in [3.05, 3.63) is 29.8 Å². The van der Waals surface area contributed by atoms with Gasteiger partial charge in [0.05, 0.1) is 6.61 Å². The topological polar surface area (TPSA) is 72.5 Å². The Morgan fingerprint density at radius 1 is 1.31 bits per heavy atom. The van der Waals surface area contributed by atoms with E-state index in [1.807, 2.05) is 0 Å². The van der Waals surface area contributed by atoms with Crippen molar-refractivity contribution in [3.8, 4) is 0 Å². The molecule has 1 aromatic carbocycles. The standard InChI is InChI=1S/C11H11NO4/c1-2-16-11(15)10(14)8-3-5-9(6-4-8)12-7-13/h3-7H,2H2,1H3,(H,12,13). The molecule has 0 spiro atoms. The quantitative estimate of drug-likeness (QED) is 0.348. The van der Waals surface area contributed by atoms with Gasteiger partial charge in [-0.05, 0) is 31.2 Å². The molecule has 0 aliphatic heterocycles. The Kier molecular flexibility index (Phi) is 4.20. The molecule has 1 aromatic rings. The van der Waals surface area contributed by atoms with E-state index in [4.69, 9.17) is 0 Å². The lowest BCUT2D eigenvalue weighted by atomic mass is 10.1. The highest BCUT2D eigenvalue weighted by Gasteiger charge is 2.16. The molecular formula is C11H11NO4. The zero-order valence-corrected chi connectivity index (χ0v) is 8.73. The highest BCUT2D eigenvalue weighted by atomic mass is 16.5. The van der Waals surface area contributed by atoms with E-state index < -0.39 is 11.8 Å². The van der Waals surface area contributed by atoms with E-state index in [-0.39, 0.29) is 12.2 Å². The fourth-order valence-electron chi connectivity index (χ4n) is 1.10. The van der Waals surface area contributed by atoms with E-state index in [0.29, 0.717) is 12.1 Å². The zero-order valence-electron chi connectivity index (χ0n) is 8.73. The third-order valence-electron chi connectivity index (χ3n) is 1.83. The van der Waals surface area contributed by atoms with Gasteiger partial charge in [-0.15, -0.1) is 0 Å². The normalized spacial score (nSPS) is 9.31. The van der Waals surface area contributed by atoms with Crippen molar-refractivity contribution in [2.45, 2.75) is 6.92 Å². The van der Waals surface area contributed by atoms with Crippen LogP contribution in [0.4, 0.5) is 5.69 Å². The number of nitrogens with one attached hydrogen (secondary N) is 1. The Balaban J connectivity index is 2.77. The van der Waals surface area contributed by atoms with Crippen molar-refractivity contribution >= 4 is 23.9 Å². The van der Waals surface area contributed by atoms with Gasteiger partial charge in [-0.25, -0.2) is 4.79 Å². The first-order valence-corrected chi connectivity index (χ1v) is 4.70. The number of rotatable bonds is 5. The molecule has 0 aromatic heterocycles. The molecule has 0 radical (unpaired) electrons. The van der Waals surface area contributed by atoms with Crippen molar-refractivity contribution in [2.75, 3.05) is 11.9 Å². The second-order valence-corrected chi connectivity index (χ2v) is 2.89. The summed E-state index contributed by atoms with van der Waals surface area (Å²) in [5, 5.41) is 2.42. The average Bonchev–Trinajstić information content (AvgIpc) is 2.30. The van der Waals surface area contributed by atoms with Crippen molar-refractivity contribution in [2.24, 2.45) is 0 Å². The maximum atomic E-state index is 11.4. The summed E-state index contributed by atoms with van der Waals surface area (Å²) in [6.07, 6.45) is 0.530. The number of anilines is 1. The molecule has 1 rings (SSSR count). The second kappa shape index (κ2) is 5.65. The number of hydrogen-bond acceptors (Lipinski definition) is 4. The number of ketones is 1. The maximum absolute atomic E-state index is 11.4. The number of amides is 1. The SMILES string of the molecule is CCOC(=O)C(=O)c1ccc(NC=O)cc1. The van der Waals surface area contributed by atoms with Crippen molar-refractivity contribution in [3.63, 3.8) is 0 Å². The van der Waals surface area contributed by atoms with Gasteiger partial charge in [-0.1, -0.05) is 0 Å². The van der Waals surface area contributed by atoms with Crippen LogP contribution in [0.15, 0.2) is 24.3 Å². The fraction of sp³-hybridized carbons (Fsp3) is 0.182. The molecule has 5 heteroatoms. The molecule has 0 fully saturated rings. The van der Waals surface area contributed by atoms with E-state index in [2.05, 4.69) is 10.1 Å². The number of benzene rings is 1. The van der Waals surface area contributed by atoms with Crippen LogP contribution in [0.1, 0.15) is 17.3 Å². The van der Waals surface area contributed by atoms with E-state index >= 15 is 0 Å². The minimum atomic E-state index is -0.876. The van der Waals surface area contributed by atoms with Gasteiger partial charge in [0, 0.05) is 11.3 Å². The van der Waals surface area contributed by atoms with Crippen LogP contribution in [0, 0.1) is 0 Å². The van der Waals surface area contributed by atoms with Crippen LogP contribution >= 0.6 is 0 Å². The third kappa shape index (κ3) is 2.91. The lowest BCUT2D eigenvalue weighted by molar-refractivity contribution is -0.137. The lowest BCUT2D eigenvalue weighted by Crippen LogP contribution is -2.17. The Bertz CT molecular complexity index is 397. The first-order valence-electron chi connectivity index (χ1n) is 4.70. The Hall–Kier alpha value is -2.17. The van der Waals surface area contributed by atoms with Crippen LogP contribution < -0.4 is 5.32 Å². The molecule has 0 unspecified atom stereocenters. The van der Waals surface area contributed by atoms with Gasteiger partial charge in [-0.2, -0.15) is 0 Å². The Morgan fingerprint density at radius 2 is 1.94 bits per heavy atom. The summed E-state index contributed by atoms with van der Waals surface area (Å²) in [5.74, 6) is -1.57. The number of ether oxygens (including phenoxy) is 1. The summed E-state index contributed by atoms with van der Waals surface area (Å²) in [6, 6.07) is 5.96. The van der Waals surface area contributed by atoms with E-state index in [9.17, 15) is 14.4 Å². The van der Waals surface area contributed by atoms with Crippen LogP contribution in [0.25, 0.3) is 0 Å². The average molecular weight is 221 g/mol. The fourth-order valence-corrected chi connectivity index (χ4v) is 1.10. The number of carbonyl (C=O) groups is 3. The smallest absolute Gasteiger partial charge is 0.379 e. The number of esters is 1. The molecule has 1 N–H and O–H groups in total. The van der Waals surface area contributed by atoms with Gasteiger partial charge >= 0.3 is 5.97 Å². The minimum Gasteiger partial charge on any atom is -0.460 e. The predicted molar refractivity (Wildman–Crippen MR) is 57.1 cm³/mol. The molecule has 0 atom stereocenters. The minimum absolute atomic E-state index is 0.162. The molecule has 1 amide bonds. The van der Waals surface area contributed by atoms with Gasteiger partial charge in [0.2, 0.25) is 6.41 Å². The molecule has 0 aliphatic carbocycles. The number of hydrogen-bond donors (Lipinski definition) is 1. The van der Waals surface area contributed by atoms with Gasteiger partial charge in [0.15, 0.2) is 0 Å². The summed E-state index contributed by atoms with van der Waals surface area (Å²) in [4.78, 5) is 32.7. The second-order valence-electron chi connectivity index (χ2n) is 2.89. The third-order valence-corrected chi connectivity index (χ3v) is 1.83. The van der Waals surface area contributed by atoms with Crippen LogP contribution in [-0.2, 0) is 14.3 Å². The molecule has 0 aliphatic rings. The van der Waals surface area contributed by atoms with Crippen LogP contribution in [0.2, 0.25) is 0 Å². The Labute approximate surface area is 92.4 Å². The summed E-state index contributed by atoms with van der Waals surface area (Å²) in [7, 11) is 0. The molecule has 84 valence electrons. The summed E-state index contributed by atoms with van der Waals surface area (Å²) in [5.41, 5.74) is 0.783.